The van der Waals surface area contributed by atoms with Crippen LogP contribution in [-0.2, 0) is 34.8 Å². The number of sulfonamides is 1. The van der Waals surface area contributed by atoms with Crippen LogP contribution in [0.1, 0.15) is 37.2 Å². The summed E-state index contributed by atoms with van der Waals surface area (Å²) in [5, 5.41) is 2.96. The molecule has 3 aromatic rings. The molecule has 3 rings (SSSR count). The first kappa shape index (κ1) is 23.0. The van der Waals surface area contributed by atoms with Crippen LogP contribution in [0, 0.1) is 6.92 Å². The molecule has 166 valence electrons. The molecule has 0 fully saturated rings. The molecule has 1 amide bonds. The van der Waals surface area contributed by atoms with Crippen LogP contribution >= 0.6 is 0 Å². The number of nitrogens with one attached hydrogen (secondary N) is 1. The third kappa shape index (κ3) is 4.97. The second-order valence-electron chi connectivity index (χ2n) is 7.53. The van der Waals surface area contributed by atoms with E-state index in [9.17, 15) is 13.2 Å². The van der Waals surface area contributed by atoms with Crippen LogP contribution in [0.25, 0.3) is 11.0 Å². The third-order valence-electron chi connectivity index (χ3n) is 5.60. The van der Waals surface area contributed by atoms with Crippen molar-refractivity contribution >= 4 is 27.0 Å². The molecule has 1 aromatic heterocycles. The number of amides is 1. The minimum absolute atomic E-state index is 0.0416. The van der Waals surface area contributed by atoms with E-state index in [0.29, 0.717) is 38.0 Å². The molecular formula is C23H30N4O3S. The van der Waals surface area contributed by atoms with Crippen molar-refractivity contribution in [3.05, 3.63) is 59.4 Å². The Balaban J connectivity index is 1.71. The highest BCUT2D eigenvalue weighted by atomic mass is 32.2. The van der Waals surface area contributed by atoms with Gasteiger partial charge in [0.15, 0.2) is 0 Å². The van der Waals surface area contributed by atoms with Gasteiger partial charge in [0.1, 0.15) is 5.82 Å². The van der Waals surface area contributed by atoms with Crippen molar-refractivity contribution in [1.29, 1.82) is 0 Å². The van der Waals surface area contributed by atoms with Crippen LogP contribution in [0.15, 0.2) is 47.4 Å². The normalized spacial score (nSPS) is 11.9. The van der Waals surface area contributed by atoms with Crippen molar-refractivity contribution < 1.29 is 13.2 Å². The predicted octanol–water partition coefficient (Wildman–Crippen LogP) is 3.16. The monoisotopic (exact) mass is 442 g/mol. The van der Waals surface area contributed by atoms with Crippen molar-refractivity contribution in [2.45, 2.75) is 45.1 Å². The van der Waals surface area contributed by atoms with Gasteiger partial charge in [-0.25, -0.2) is 13.4 Å². The molecule has 0 unspecified atom stereocenters. The van der Waals surface area contributed by atoms with E-state index >= 15 is 0 Å². The van der Waals surface area contributed by atoms with Gasteiger partial charge < -0.3 is 9.88 Å². The summed E-state index contributed by atoms with van der Waals surface area (Å²) in [5.41, 5.74) is 3.70. The summed E-state index contributed by atoms with van der Waals surface area (Å²) in [5.74, 6) is 0.707. The molecule has 0 aliphatic rings. The van der Waals surface area contributed by atoms with Gasteiger partial charge in [0.05, 0.1) is 15.9 Å². The SMILES string of the molecule is CCN(CC)S(=O)(=O)c1ccc2c(c1)nc(CCC(=O)NCc1ccccc1C)n2C. The summed E-state index contributed by atoms with van der Waals surface area (Å²) >= 11 is 0. The van der Waals surface area contributed by atoms with Crippen LogP contribution in [-0.4, -0.2) is 41.3 Å². The van der Waals surface area contributed by atoms with Gasteiger partial charge in [-0.2, -0.15) is 4.31 Å². The highest BCUT2D eigenvalue weighted by Crippen LogP contribution is 2.22. The van der Waals surface area contributed by atoms with E-state index in [1.54, 1.807) is 18.2 Å². The fraction of sp³-hybridized carbons (Fsp3) is 0.391. The molecular weight excluding hydrogens is 412 g/mol. The molecule has 0 bridgehead atoms. The Hall–Kier alpha value is -2.71. The molecule has 31 heavy (non-hydrogen) atoms. The Labute approximate surface area is 184 Å². The summed E-state index contributed by atoms with van der Waals surface area (Å²) in [7, 11) is -1.66. The van der Waals surface area contributed by atoms with Crippen LogP contribution < -0.4 is 5.32 Å². The summed E-state index contributed by atoms with van der Waals surface area (Å²) in [6.07, 6.45) is 0.788. The molecule has 1 N–H and O–H groups in total. The lowest BCUT2D eigenvalue weighted by molar-refractivity contribution is -0.121. The average molecular weight is 443 g/mol. The highest BCUT2D eigenvalue weighted by molar-refractivity contribution is 7.89. The quantitative estimate of drug-likeness (QED) is 0.552. The zero-order chi connectivity index (χ0) is 22.6. The molecule has 0 atom stereocenters. The Kier molecular flexibility index (Phi) is 7.12. The summed E-state index contributed by atoms with van der Waals surface area (Å²) in [6, 6.07) is 13.0. The number of carbonyl (C=O) groups excluding carboxylic acids is 1. The molecule has 0 aliphatic heterocycles. The molecule has 2 aromatic carbocycles. The van der Waals surface area contributed by atoms with Gasteiger partial charge in [0, 0.05) is 39.5 Å². The fourth-order valence-electron chi connectivity index (χ4n) is 3.64. The Bertz CT molecular complexity index is 1180. The van der Waals surface area contributed by atoms with Crippen LogP contribution in [0.4, 0.5) is 0 Å². The van der Waals surface area contributed by atoms with E-state index in [2.05, 4.69) is 10.3 Å². The van der Waals surface area contributed by atoms with Crippen LogP contribution in [0.3, 0.4) is 0 Å². The zero-order valence-electron chi connectivity index (χ0n) is 18.6. The Morgan fingerprint density at radius 2 is 1.84 bits per heavy atom. The van der Waals surface area contributed by atoms with E-state index in [-0.39, 0.29) is 10.8 Å². The minimum Gasteiger partial charge on any atom is -0.352 e. The third-order valence-corrected chi connectivity index (χ3v) is 7.65. The van der Waals surface area contributed by atoms with Gasteiger partial charge in [-0.3, -0.25) is 4.79 Å². The lowest BCUT2D eigenvalue weighted by Gasteiger charge is -2.18. The highest BCUT2D eigenvalue weighted by Gasteiger charge is 2.22. The van der Waals surface area contributed by atoms with E-state index < -0.39 is 10.0 Å². The second-order valence-corrected chi connectivity index (χ2v) is 9.47. The molecule has 0 spiro atoms. The van der Waals surface area contributed by atoms with E-state index in [0.717, 1.165) is 22.5 Å². The van der Waals surface area contributed by atoms with E-state index in [1.807, 2.05) is 56.7 Å². The largest absolute Gasteiger partial charge is 0.352 e. The maximum Gasteiger partial charge on any atom is 0.243 e. The molecule has 7 nitrogen and oxygen atoms in total. The minimum atomic E-state index is -3.54. The first-order valence-corrected chi connectivity index (χ1v) is 12.0. The first-order valence-electron chi connectivity index (χ1n) is 10.5. The molecule has 0 saturated heterocycles. The molecule has 8 heteroatoms. The van der Waals surface area contributed by atoms with Crippen molar-refractivity contribution in [1.82, 2.24) is 19.2 Å². The van der Waals surface area contributed by atoms with Gasteiger partial charge in [-0.1, -0.05) is 38.1 Å². The number of aromatic nitrogens is 2. The molecule has 0 aliphatic carbocycles. The van der Waals surface area contributed by atoms with Crippen LogP contribution in [0.5, 0.6) is 0 Å². The number of fused-ring (bicyclic) bond motifs is 1. The zero-order valence-corrected chi connectivity index (χ0v) is 19.4. The first-order chi connectivity index (χ1) is 14.8. The number of aryl methyl sites for hydroxylation is 3. The smallest absolute Gasteiger partial charge is 0.243 e. The summed E-state index contributed by atoms with van der Waals surface area (Å²) in [4.78, 5) is 17.2. The predicted molar refractivity (Wildman–Crippen MR) is 122 cm³/mol. The number of imidazole rings is 1. The van der Waals surface area contributed by atoms with Gasteiger partial charge >= 0.3 is 0 Å². The van der Waals surface area contributed by atoms with Crippen molar-refractivity contribution in [3.8, 4) is 0 Å². The van der Waals surface area contributed by atoms with E-state index in [4.69, 9.17) is 0 Å². The fourth-order valence-corrected chi connectivity index (χ4v) is 5.12. The number of carbonyl (C=O) groups is 1. The number of nitrogens with zero attached hydrogens (tertiary/aromatic N) is 3. The average Bonchev–Trinajstić information content (AvgIpc) is 3.07. The lowest BCUT2D eigenvalue weighted by Crippen LogP contribution is -2.30. The second kappa shape index (κ2) is 9.62. The topological polar surface area (TPSA) is 84.3 Å². The van der Waals surface area contributed by atoms with Crippen molar-refractivity contribution in [3.63, 3.8) is 0 Å². The van der Waals surface area contributed by atoms with Gasteiger partial charge in [0.25, 0.3) is 0 Å². The van der Waals surface area contributed by atoms with Crippen molar-refractivity contribution in [2.24, 2.45) is 7.05 Å². The van der Waals surface area contributed by atoms with Crippen molar-refractivity contribution in [2.75, 3.05) is 13.1 Å². The lowest BCUT2D eigenvalue weighted by atomic mass is 10.1. The number of rotatable bonds is 9. The van der Waals surface area contributed by atoms with Crippen LogP contribution in [0.2, 0.25) is 0 Å². The number of hydrogen-bond donors (Lipinski definition) is 1. The summed E-state index contributed by atoms with van der Waals surface area (Å²) in [6.45, 7) is 7.01. The molecule has 0 saturated carbocycles. The Morgan fingerprint density at radius 3 is 2.52 bits per heavy atom. The Morgan fingerprint density at radius 1 is 1.13 bits per heavy atom. The molecule has 1 heterocycles. The summed E-state index contributed by atoms with van der Waals surface area (Å²) < 4.78 is 28.9. The van der Waals surface area contributed by atoms with Gasteiger partial charge in [-0.05, 0) is 36.2 Å². The molecule has 0 radical (unpaired) electrons. The van der Waals surface area contributed by atoms with Gasteiger partial charge in [-0.15, -0.1) is 0 Å². The maximum absolute atomic E-state index is 12.8. The standard InChI is InChI=1S/C23H30N4O3S/c1-5-27(6-2)31(29,30)19-11-12-21-20(15-19)25-22(26(21)4)13-14-23(28)24-16-18-10-8-7-9-17(18)3/h7-12,15H,5-6,13-14,16H2,1-4H3,(H,24,28). The van der Waals surface area contributed by atoms with E-state index in [1.165, 1.54) is 4.31 Å². The number of hydrogen-bond acceptors (Lipinski definition) is 4. The van der Waals surface area contributed by atoms with Gasteiger partial charge in [0.2, 0.25) is 15.9 Å². The maximum atomic E-state index is 12.8. The number of benzene rings is 2.